The molecule has 0 aliphatic carbocycles. The minimum absolute atomic E-state index is 0.497. The molecule has 1 amide bonds. The number of hydrogen-bond acceptors (Lipinski definition) is 3. The lowest BCUT2D eigenvalue weighted by Crippen LogP contribution is -2.30. The van der Waals surface area contributed by atoms with Crippen LogP contribution in [0.4, 0.5) is 8.78 Å². The normalized spacial score (nSPS) is 11.1. The van der Waals surface area contributed by atoms with Crippen LogP contribution in [0, 0.1) is 11.6 Å². The second-order valence-electron chi connectivity index (χ2n) is 2.83. The quantitative estimate of drug-likeness (QED) is 0.818. The number of carbonyl (C=O) groups excluding carboxylic acids is 1. The minimum Gasteiger partial charge on any atom is -0.268 e. The van der Waals surface area contributed by atoms with Crippen molar-refractivity contribution in [2.45, 2.75) is 0 Å². The minimum atomic E-state index is -3.76. The number of hydrogen-bond donors (Lipinski definition) is 1. The summed E-state index contributed by atoms with van der Waals surface area (Å²) in [4.78, 5) is 11.1. The molecular weight excluding hydrogens is 228 g/mol. The van der Waals surface area contributed by atoms with Crippen LogP contribution >= 0.6 is 0 Å². The summed E-state index contributed by atoms with van der Waals surface area (Å²) in [6.45, 7) is 0. The predicted molar refractivity (Wildman–Crippen MR) is 48.7 cm³/mol. The van der Waals surface area contributed by atoms with Gasteiger partial charge in [-0.1, -0.05) is 0 Å². The Morgan fingerprint density at radius 2 is 1.93 bits per heavy atom. The highest BCUT2D eigenvalue weighted by molar-refractivity contribution is 7.89. The zero-order valence-electron chi connectivity index (χ0n) is 7.62. The second-order valence-corrected chi connectivity index (χ2v) is 4.58. The summed E-state index contributed by atoms with van der Waals surface area (Å²) in [6, 6.07) is 2.22. The van der Waals surface area contributed by atoms with Gasteiger partial charge in [-0.25, -0.2) is 21.9 Å². The Morgan fingerprint density at radius 3 is 2.40 bits per heavy atom. The first kappa shape index (κ1) is 11.6. The highest BCUT2D eigenvalue weighted by Gasteiger charge is 2.15. The molecule has 0 aliphatic heterocycles. The molecule has 0 saturated heterocycles. The Balaban J connectivity index is 3.02. The van der Waals surface area contributed by atoms with Crippen molar-refractivity contribution in [3.05, 3.63) is 35.4 Å². The van der Waals surface area contributed by atoms with Gasteiger partial charge >= 0.3 is 0 Å². The first-order valence-corrected chi connectivity index (χ1v) is 5.66. The highest BCUT2D eigenvalue weighted by Crippen LogP contribution is 2.09. The van der Waals surface area contributed by atoms with E-state index < -0.39 is 33.1 Å². The van der Waals surface area contributed by atoms with Gasteiger partial charge in [0.15, 0.2) is 0 Å². The molecule has 15 heavy (non-hydrogen) atoms. The van der Waals surface area contributed by atoms with Crippen LogP contribution in [0.1, 0.15) is 10.4 Å². The Morgan fingerprint density at radius 1 is 1.33 bits per heavy atom. The van der Waals surface area contributed by atoms with Gasteiger partial charge in [0.05, 0.1) is 11.8 Å². The molecule has 0 bridgehead atoms. The molecule has 1 N–H and O–H groups in total. The molecule has 0 heterocycles. The van der Waals surface area contributed by atoms with Gasteiger partial charge in [0.2, 0.25) is 10.0 Å². The maximum atomic E-state index is 13.0. The van der Waals surface area contributed by atoms with Crippen LogP contribution in [0.5, 0.6) is 0 Å². The largest absolute Gasteiger partial charge is 0.268 e. The van der Waals surface area contributed by atoms with Gasteiger partial charge in [0, 0.05) is 6.07 Å². The average molecular weight is 235 g/mol. The average Bonchev–Trinajstić information content (AvgIpc) is 1.99. The van der Waals surface area contributed by atoms with Crippen LogP contribution in [0.25, 0.3) is 0 Å². The van der Waals surface area contributed by atoms with Gasteiger partial charge in [-0.05, 0) is 12.1 Å². The molecule has 0 saturated carbocycles. The molecule has 0 fully saturated rings. The van der Waals surface area contributed by atoms with Crippen molar-refractivity contribution in [2.75, 3.05) is 6.26 Å². The molecular formula is C8H7F2NO3S. The summed E-state index contributed by atoms with van der Waals surface area (Å²) >= 11 is 0. The van der Waals surface area contributed by atoms with Crippen molar-refractivity contribution < 1.29 is 22.0 Å². The van der Waals surface area contributed by atoms with Crippen molar-refractivity contribution in [1.29, 1.82) is 0 Å². The van der Waals surface area contributed by atoms with E-state index in [2.05, 4.69) is 0 Å². The maximum absolute atomic E-state index is 13.0. The number of sulfonamides is 1. The van der Waals surface area contributed by atoms with Crippen molar-refractivity contribution in [3.8, 4) is 0 Å². The SMILES string of the molecule is CS(=O)(=O)NC(=O)c1ccc(F)cc1F. The van der Waals surface area contributed by atoms with Crippen LogP contribution in [0.15, 0.2) is 18.2 Å². The number of benzene rings is 1. The third-order valence-corrected chi connectivity index (χ3v) is 2.01. The monoisotopic (exact) mass is 235 g/mol. The van der Waals surface area contributed by atoms with Crippen LogP contribution in [-0.4, -0.2) is 20.6 Å². The molecule has 82 valence electrons. The number of rotatable bonds is 2. The van der Waals surface area contributed by atoms with E-state index in [0.29, 0.717) is 6.07 Å². The number of nitrogens with one attached hydrogen (secondary N) is 1. The Bertz CT molecular complexity index is 499. The second kappa shape index (κ2) is 3.93. The highest BCUT2D eigenvalue weighted by atomic mass is 32.2. The van der Waals surface area contributed by atoms with Gasteiger partial charge in [0.1, 0.15) is 11.6 Å². The first-order valence-electron chi connectivity index (χ1n) is 3.77. The van der Waals surface area contributed by atoms with Crippen molar-refractivity contribution in [2.24, 2.45) is 0 Å². The Labute approximate surface area is 85.0 Å². The van der Waals surface area contributed by atoms with E-state index in [0.717, 1.165) is 18.4 Å². The molecule has 0 atom stereocenters. The van der Waals surface area contributed by atoms with Crippen LogP contribution in [0.3, 0.4) is 0 Å². The van der Waals surface area contributed by atoms with Crippen LogP contribution in [0.2, 0.25) is 0 Å². The van der Waals surface area contributed by atoms with Crippen LogP contribution < -0.4 is 4.72 Å². The van der Waals surface area contributed by atoms with Gasteiger partial charge in [-0.3, -0.25) is 4.79 Å². The van der Waals surface area contributed by atoms with Gasteiger partial charge in [0.25, 0.3) is 5.91 Å². The number of amides is 1. The summed E-state index contributed by atoms with van der Waals surface area (Å²) in [7, 11) is -3.76. The van der Waals surface area contributed by atoms with E-state index in [1.807, 2.05) is 0 Å². The lowest BCUT2D eigenvalue weighted by molar-refractivity contribution is 0.0977. The van der Waals surface area contributed by atoms with Gasteiger partial charge < -0.3 is 0 Å². The topological polar surface area (TPSA) is 63.2 Å². The fourth-order valence-corrected chi connectivity index (χ4v) is 1.34. The van der Waals surface area contributed by atoms with E-state index in [4.69, 9.17) is 0 Å². The zero-order chi connectivity index (χ0) is 11.6. The third-order valence-electron chi connectivity index (χ3n) is 1.45. The van der Waals surface area contributed by atoms with Crippen molar-refractivity contribution in [3.63, 3.8) is 0 Å². The van der Waals surface area contributed by atoms with E-state index in [1.165, 1.54) is 0 Å². The molecule has 0 aliphatic rings. The fraction of sp³-hybridized carbons (Fsp3) is 0.125. The Hall–Kier alpha value is -1.50. The summed E-state index contributed by atoms with van der Waals surface area (Å²) in [6.07, 6.45) is 0.756. The molecule has 0 spiro atoms. The molecule has 1 aromatic carbocycles. The lowest BCUT2D eigenvalue weighted by atomic mass is 10.2. The van der Waals surface area contributed by atoms with E-state index in [9.17, 15) is 22.0 Å². The standard InChI is InChI=1S/C8H7F2NO3S/c1-15(13,14)11-8(12)6-3-2-5(9)4-7(6)10/h2-4H,1H3,(H,11,12). The number of carbonyl (C=O) groups is 1. The summed E-state index contributed by atoms with van der Waals surface area (Å²) < 4.78 is 48.3. The smallest absolute Gasteiger partial charge is 0.267 e. The number of halogens is 2. The third kappa shape index (κ3) is 3.28. The zero-order valence-corrected chi connectivity index (χ0v) is 8.44. The molecule has 0 radical (unpaired) electrons. The van der Waals surface area contributed by atoms with E-state index in [1.54, 1.807) is 4.72 Å². The molecule has 1 rings (SSSR count). The summed E-state index contributed by atoms with van der Waals surface area (Å²) in [5.41, 5.74) is -0.526. The van der Waals surface area contributed by atoms with E-state index in [-0.39, 0.29) is 0 Å². The van der Waals surface area contributed by atoms with Crippen LogP contribution in [-0.2, 0) is 10.0 Å². The van der Waals surface area contributed by atoms with Crippen molar-refractivity contribution in [1.82, 2.24) is 4.72 Å². The predicted octanol–water partition coefficient (Wildman–Crippen LogP) is 0.654. The van der Waals surface area contributed by atoms with E-state index >= 15 is 0 Å². The molecule has 0 aromatic heterocycles. The molecule has 4 nitrogen and oxygen atoms in total. The summed E-state index contributed by atoms with van der Waals surface area (Å²) in [5.74, 6) is -3.09. The summed E-state index contributed by atoms with van der Waals surface area (Å²) in [5, 5.41) is 0. The first-order chi connectivity index (χ1) is 6.79. The molecule has 0 unspecified atom stereocenters. The maximum Gasteiger partial charge on any atom is 0.267 e. The Kier molecular flexibility index (Phi) is 3.04. The molecule has 7 heteroatoms. The van der Waals surface area contributed by atoms with Gasteiger partial charge in [-0.15, -0.1) is 0 Å². The lowest BCUT2D eigenvalue weighted by Gasteiger charge is -2.03. The molecule has 1 aromatic rings. The fourth-order valence-electron chi connectivity index (χ4n) is 0.897. The van der Waals surface area contributed by atoms with Crippen molar-refractivity contribution >= 4 is 15.9 Å². The van der Waals surface area contributed by atoms with Gasteiger partial charge in [-0.2, -0.15) is 0 Å².